The number of anilines is 1. The largest absolute Gasteiger partial charge is 0.497 e. The van der Waals surface area contributed by atoms with Crippen molar-refractivity contribution < 1.29 is 18.7 Å². The molecule has 7 nitrogen and oxygen atoms in total. The summed E-state index contributed by atoms with van der Waals surface area (Å²) in [7, 11) is 3.16. The van der Waals surface area contributed by atoms with E-state index in [-0.39, 0.29) is 5.91 Å². The van der Waals surface area contributed by atoms with Gasteiger partial charge in [-0.3, -0.25) is 4.79 Å². The molecule has 1 N–H and O–H groups in total. The molecule has 0 saturated heterocycles. The van der Waals surface area contributed by atoms with E-state index in [1.54, 1.807) is 44.6 Å². The van der Waals surface area contributed by atoms with Crippen LogP contribution >= 0.6 is 0 Å². The van der Waals surface area contributed by atoms with Crippen molar-refractivity contribution >= 4 is 17.7 Å². The van der Waals surface area contributed by atoms with Crippen molar-refractivity contribution in [2.45, 2.75) is 6.92 Å². The Hall–Kier alpha value is -3.61. The number of nitrogens with one attached hydrogen (secondary N) is 1. The van der Waals surface area contributed by atoms with E-state index < -0.39 is 0 Å². The molecule has 27 heavy (non-hydrogen) atoms. The number of aromatic nitrogens is 2. The molecule has 1 aromatic heterocycles. The molecule has 138 valence electrons. The monoisotopic (exact) mass is 365 g/mol. The molecule has 0 spiro atoms. The molecule has 0 radical (unpaired) electrons. The maximum absolute atomic E-state index is 12.4. The van der Waals surface area contributed by atoms with Crippen molar-refractivity contribution in [3.63, 3.8) is 0 Å². The molecule has 7 heteroatoms. The van der Waals surface area contributed by atoms with Gasteiger partial charge >= 0.3 is 0 Å². The van der Waals surface area contributed by atoms with Gasteiger partial charge in [-0.05, 0) is 48.9 Å². The minimum Gasteiger partial charge on any atom is -0.497 e. The topological polar surface area (TPSA) is 86.5 Å². The molecular formula is C20H19N3O4. The zero-order valence-electron chi connectivity index (χ0n) is 15.2. The summed E-state index contributed by atoms with van der Waals surface area (Å²) >= 11 is 0. The molecule has 0 saturated carbocycles. The Bertz CT molecular complexity index is 965. The van der Waals surface area contributed by atoms with E-state index in [0.29, 0.717) is 23.1 Å². The molecule has 3 rings (SSSR count). The summed E-state index contributed by atoms with van der Waals surface area (Å²) in [6, 6.07) is 10.9. The average Bonchev–Trinajstić information content (AvgIpc) is 3.22. The molecule has 1 heterocycles. The molecular weight excluding hydrogens is 346 g/mol. The molecule has 0 aliphatic carbocycles. The highest BCUT2D eigenvalue weighted by molar-refractivity contribution is 6.02. The molecule has 0 atom stereocenters. The van der Waals surface area contributed by atoms with Gasteiger partial charge in [0, 0.05) is 22.9 Å². The van der Waals surface area contributed by atoms with Crippen LogP contribution in [-0.2, 0) is 4.79 Å². The summed E-state index contributed by atoms with van der Waals surface area (Å²) in [5, 5.41) is 10.4. The summed E-state index contributed by atoms with van der Waals surface area (Å²) in [5.74, 6) is 1.45. The fraction of sp³-hybridized carbons (Fsp3) is 0.150. The smallest absolute Gasteiger partial charge is 0.248 e. The van der Waals surface area contributed by atoms with Crippen LogP contribution in [0.25, 0.3) is 17.5 Å². The fourth-order valence-corrected chi connectivity index (χ4v) is 2.50. The Morgan fingerprint density at radius 1 is 1.15 bits per heavy atom. The van der Waals surface area contributed by atoms with E-state index >= 15 is 0 Å². The van der Waals surface area contributed by atoms with Crippen LogP contribution in [-0.4, -0.2) is 30.3 Å². The standard InChI is InChI=1S/C20H19N3O4/c1-13-4-5-15(20-23-21-12-27-20)11-17(13)22-19(24)9-6-14-10-16(25-2)7-8-18(14)26-3/h4-12H,1-3H3,(H,22,24)/b9-6+. The molecule has 0 aliphatic heterocycles. The Morgan fingerprint density at radius 3 is 2.70 bits per heavy atom. The lowest BCUT2D eigenvalue weighted by Crippen LogP contribution is -2.09. The summed E-state index contributed by atoms with van der Waals surface area (Å²) in [6.07, 6.45) is 4.38. The van der Waals surface area contributed by atoms with E-state index in [4.69, 9.17) is 13.9 Å². The number of nitrogens with zero attached hydrogens (tertiary/aromatic N) is 2. The van der Waals surface area contributed by atoms with Gasteiger partial charge in [-0.15, -0.1) is 10.2 Å². The second kappa shape index (κ2) is 8.18. The van der Waals surface area contributed by atoms with Crippen LogP contribution in [0.15, 0.2) is 53.3 Å². The highest BCUT2D eigenvalue weighted by atomic mass is 16.5. The van der Waals surface area contributed by atoms with Crippen molar-refractivity contribution in [3.8, 4) is 23.0 Å². The maximum Gasteiger partial charge on any atom is 0.248 e. The van der Waals surface area contributed by atoms with Crippen molar-refractivity contribution in [2.75, 3.05) is 19.5 Å². The van der Waals surface area contributed by atoms with Gasteiger partial charge in [0.2, 0.25) is 18.2 Å². The average molecular weight is 365 g/mol. The predicted molar refractivity (Wildman–Crippen MR) is 102 cm³/mol. The molecule has 0 unspecified atom stereocenters. The molecule has 3 aromatic rings. The van der Waals surface area contributed by atoms with E-state index in [9.17, 15) is 4.79 Å². The number of hydrogen-bond acceptors (Lipinski definition) is 6. The zero-order chi connectivity index (χ0) is 19.2. The first-order valence-corrected chi connectivity index (χ1v) is 8.19. The number of methoxy groups -OCH3 is 2. The van der Waals surface area contributed by atoms with Crippen molar-refractivity contribution in [3.05, 3.63) is 60.0 Å². The van der Waals surface area contributed by atoms with Crippen LogP contribution in [0.4, 0.5) is 5.69 Å². The first-order valence-electron chi connectivity index (χ1n) is 8.19. The Morgan fingerprint density at radius 2 is 2.00 bits per heavy atom. The van der Waals surface area contributed by atoms with E-state index in [1.807, 2.05) is 19.1 Å². The van der Waals surface area contributed by atoms with Gasteiger partial charge in [-0.25, -0.2) is 0 Å². The Labute approximate surface area is 156 Å². The summed E-state index contributed by atoms with van der Waals surface area (Å²) in [5.41, 5.74) is 3.05. The third-order valence-electron chi connectivity index (χ3n) is 3.95. The number of ether oxygens (including phenoxy) is 2. The molecule has 0 bridgehead atoms. The van der Waals surface area contributed by atoms with E-state index in [0.717, 1.165) is 16.7 Å². The minimum absolute atomic E-state index is 0.273. The third kappa shape index (κ3) is 4.33. The normalized spacial score (nSPS) is 10.8. The number of amides is 1. The minimum atomic E-state index is -0.273. The van der Waals surface area contributed by atoms with Gasteiger partial charge in [0.25, 0.3) is 0 Å². The number of hydrogen-bond donors (Lipinski definition) is 1. The van der Waals surface area contributed by atoms with Crippen LogP contribution in [0.5, 0.6) is 11.5 Å². The molecule has 0 aliphatic rings. The lowest BCUT2D eigenvalue weighted by atomic mass is 10.1. The first-order chi connectivity index (χ1) is 13.1. The second-order valence-corrected chi connectivity index (χ2v) is 5.70. The number of rotatable bonds is 6. The summed E-state index contributed by atoms with van der Waals surface area (Å²) < 4.78 is 15.7. The van der Waals surface area contributed by atoms with Gasteiger partial charge < -0.3 is 19.2 Å². The van der Waals surface area contributed by atoms with E-state index in [2.05, 4.69) is 15.5 Å². The van der Waals surface area contributed by atoms with Crippen molar-refractivity contribution in [1.82, 2.24) is 10.2 Å². The number of carbonyl (C=O) groups excluding carboxylic acids is 1. The van der Waals surface area contributed by atoms with Crippen molar-refractivity contribution in [2.24, 2.45) is 0 Å². The first kappa shape index (κ1) is 18.2. The van der Waals surface area contributed by atoms with Crippen LogP contribution < -0.4 is 14.8 Å². The Kier molecular flexibility index (Phi) is 5.51. The lowest BCUT2D eigenvalue weighted by Gasteiger charge is -2.09. The number of benzene rings is 2. The van der Waals surface area contributed by atoms with Crippen LogP contribution in [0, 0.1) is 6.92 Å². The van der Waals surface area contributed by atoms with Gasteiger partial charge in [-0.2, -0.15) is 0 Å². The summed E-state index contributed by atoms with van der Waals surface area (Å²) in [4.78, 5) is 12.4. The number of aryl methyl sites for hydroxylation is 1. The molecule has 0 fully saturated rings. The van der Waals surface area contributed by atoms with Crippen LogP contribution in [0.2, 0.25) is 0 Å². The Balaban J connectivity index is 1.78. The highest BCUT2D eigenvalue weighted by Gasteiger charge is 2.09. The van der Waals surface area contributed by atoms with Crippen LogP contribution in [0.1, 0.15) is 11.1 Å². The second-order valence-electron chi connectivity index (χ2n) is 5.70. The molecule has 1 amide bonds. The maximum atomic E-state index is 12.4. The van der Waals surface area contributed by atoms with Gasteiger partial charge in [0.15, 0.2) is 0 Å². The lowest BCUT2D eigenvalue weighted by molar-refractivity contribution is -0.111. The quantitative estimate of drug-likeness (QED) is 0.670. The fourth-order valence-electron chi connectivity index (χ4n) is 2.50. The number of carbonyl (C=O) groups is 1. The SMILES string of the molecule is COc1ccc(OC)c(/C=C/C(=O)Nc2cc(-c3nnco3)ccc2C)c1. The summed E-state index contributed by atoms with van der Waals surface area (Å²) in [6.45, 7) is 1.90. The van der Waals surface area contributed by atoms with E-state index in [1.165, 1.54) is 12.5 Å². The molecule has 2 aromatic carbocycles. The predicted octanol–water partition coefficient (Wildman–Crippen LogP) is 3.71. The van der Waals surface area contributed by atoms with Crippen molar-refractivity contribution in [1.29, 1.82) is 0 Å². The zero-order valence-corrected chi connectivity index (χ0v) is 15.2. The third-order valence-corrected chi connectivity index (χ3v) is 3.95. The van der Waals surface area contributed by atoms with Crippen LogP contribution in [0.3, 0.4) is 0 Å². The highest BCUT2D eigenvalue weighted by Crippen LogP contribution is 2.26. The van der Waals surface area contributed by atoms with Gasteiger partial charge in [0.05, 0.1) is 14.2 Å². The van der Waals surface area contributed by atoms with Gasteiger partial charge in [0.1, 0.15) is 11.5 Å². The van der Waals surface area contributed by atoms with Gasteiger partial charge in [-0.1, -0.05) is 6.07 Å².